The summed E-state index contributed by atoms with van der Waals surface area (Å²) in [6.07, 6.45) is -3.01. The van der Waals surface area contributed by atoms with Gasteiger partial charge in [0.2, 0.25) is 5.91 Å². The van der Waals surface area contributed by atoms with Gasteiger partial charge in [0.25, 0.3) is 0 Å². The van der Waals surface area contributed by atoms with Crippen LogP contribution >= 0.6 is 11.6 Å². The number of hydrogen-bond acceptors (Lipinski definition) is 5. The average molecular weight is 395 g/mol. The number of carbonyl (C=O) groups is 1. The lowest BCUT2D eigenvalue weighted by molar-refractivity contribution is -0.389. The van der Waals surface area contributed by atoms with Crippen LogP contribution in [0.3, 0.4) is 0 Å². The Morgan fingerprint density at radius 2 is 2.12 bits per heavy atom. The van der Waals surface area contributed by atoms with E-state index < -0.39 is 27.7 Å². The number of aromatic nitrogens is 4. The number of nitro groups is 1. The Morgan fingerprint density at radius 1 is 1.42 bits per heavy atom. The van der Waals surface area contributed by atoms with Crippen LogP contribution in [-0.2, 0) is 24.1 Å². The number of hydrogen-bond donors (Lipinski definition) is 1. The van der Waals surface area contributed by atoms with Crippen molar-refractivity contribution in [2.45, 2.75) is 32.6 Å². The number of nitrogens with zero attached hydrogens (tertiary/aromatic N) is 5. The molecule has 0 radical (unpaired) electrons. The van der Waals surface area contributed by atoms with Gasteiger partial charge >= 0.3 is 12.0 Å². The highest BCUT2D eigenvalue weighted by Gasteiger charge is 2.38. The molecule has 2 aromatic heterocycles. The van der Waals surface area contributed by atoms with Crippen LogP contribution < -0.4 is 5.32 Å². The largest absolute Gasteiger partial charge is 0.436 e. The highest BCUT2D eigenvalue weighted by atomic mass is 35.5. The molecular formula is C13H14ClF3N6O3. The first-order valence-corrected chi connectivity index (χ1v) is 7.72. The molecule has 0 atom stereocenters. The third-order valence-electron chi connectivity index (χ3n) is 3.39. The molecule has 1 N–H and O–H groups in total. The molecule has 9 nitrogen and oxygen atoms in total. The Bertz CT molecular complexity index is 817. The summed E-state index contributed by atoms with van der Waals surface area (Å²) in [6, 6.07) is 1.16. The Hall–Kier alpha value is -2.63. The Labute approximate surface area is 149 Å². The molecule has 0 saturated carbocycles. The van der Waals surface area contributed by atoms with E-state index in [4.69, 9.17) is 11.6 Å². The van der Waals surface area contributed by atoms with E-state index in [1.165, 1.54) is 13.1 Å². The van der Waals surface area contributed by atoms with E-state index in [1.807, 2.05) is 0 Å². The van der Waals surface area contributed by atoms with Crippen molar-refractivity contribution in [1.29, 1.82) is 0 Å². The lowest BCUT2D eigenvalue weighted by Crippen LogP contribution is -2.29. The van der Waals surface area contributed by atoms with Gasteiger partial charge in [-0.3, -0.25) is 9.48 Å². The van der Waals surface area contributed by atoms with Crippen LogP contribution in [0.4, 0.5) is 19.0 Å². The minimum absolute atomic E-state index is 0.134. The van der Waals surface area contributed by atoms with E-state index in [0.29, 0.717) is 6.42 Å². The van der Waals surface area contributed by atoms with Crippen LogP contribution in [0.25, 0.3) is 0 Å². The third kappa shape index (κ3) is 4.71. The molecule has 0 bridgehead atoms. The molecule has 0 fully saturated rings. The fraction of sp³-hybridized carbons (Fsp3) is 0.462. The fourth-order valence-corrected chi connectivity index (χ4v) is 2.36. The predicted octanol–water partition coefficient (Wildman–Crippen LogP) is 2.17. The smallest absolute Gasteiger partial charge is 0.358 e. The van der Waals surface area contributed by atoms with Crippen LogP contribution in [0.15, 0.2) is 12.3 Å². The normalized spacial score (nSPS) is 11.6. The zero-order chi connectivity index (χ0) is 19.5. The summed E-state index contributed by atoms with van der Waals surface area (Å²) in [6.45, 7) is 1.53. The van der Waals surface area contributed by atoms with Crippen LogP contribution in [0.1, 0.15) is 17.8 Å². The van der Waals surface area contributed by atoms with Crippen LogP contribution in [0, 0.1) is 17.0 Å². The van der Waals surface area contributed by atoms with Crippen molar-refractivity contribution in [3.63, 3.8) is 0 Å². The zero-order valence-corrected chi connectivity index (χ0v) is 14.2. The maximum atomic E-state index is 12.7. The van der Waals surface area contributed by atoms with E-state index in [0.717, 1.165) is 15.4 Å². The maximum Gasteiger partial charge on any atom is 0.436 e. The van der Waals surface area contributed by atoms with Gasteiger partial charge in [-0.1, -0.05) is 11.6 Å². The van der Waals surface area contributed by atoms with E-state index >= 15 is 0 Å². The number of aryl methyl sites for hydroxylation is 1. The van der Waals surface area contributed by atoms with E-state index in [1.54, 1.807) is 0 Å². The van der Waals surface area contributed by atoms with Gasteiger partial charge in [0.05, 0.1) is 28.1 Å². The van der Waals surface area contributed by atoms with Crippen molar-refractivity contribution >= 4 is 23.3 Å². The summed E-state index contributed by atoms with van der Waals surface area (Å²) in [5.74, 6) is -0.807. The van der Waals surface area contributed by atoms with E-state index in [-0.39, 0.29) is 31.1 Å². The van der Waals surface area contributed by atoms with Gasteiger partial charge in [0, 0.05) is 13.1 Å². The third-order valence-corrected chi connectivity index (χ3v) is 3.84. The standard InChI is InChI=1S/C13H14ClF3N6O3/c1-8-11(14)12(13(15,16)17)20-22(8)5-2-4-18-10(24)7-21-6-3-9(19-21)23(25)26/h3,6H,2,4-5,7H2,1H3,(H,18,24). The number of halogens is 4. The molecule has 0 aliphatic rings. The van der Waals surface area contributed by atoms with Crippen molar-refractivity contribution in [3.8, 4) is 0 Å². The van der Waals surface area contributed by atoms with Crippen molar-refractivity contribution < 1.29 is 22.9 Å². The molecule has 0 unspecified atom stereocenters. The first kappa shape index (κ1) is 19.7. The van der Waals surface area contributed by atoms with Crippen molar-refractivity contribution in [1.82, 2.24) is 24.9 Å². The molecule has 0 saturated heterocycles. The van der Waals surface area contributed by atoms with Crippen LogP contribution in [-0.4, -0.2) is 36.9 Å². The topological polar surface area (TPSA) is 108 Å². The Balaban J connectivity index is 1.81. The van der Waals surface area contributed by atoms with Gasteiger partial charge in [-0.15, -0.1) is 0 Å². The zero-order valence-electron chi connectivity index (χ0n) is 13.5. The first-order chi connectivity index (χ1) is 12.1. The molecular weight excluding hydrogens is 381 g/mol. The Kier molecular flexibility index (Phi) is 5.85. The lowest BCUT2D eigenvalue weighted by atomic mass is 10.3. The summed E-state index contributed by atoms with van der Waals surface area (Å²) in [5.41, 5.74) is -0.949. The first-order valence-electron chi connectivity index (χ1n) is 7.34. The van der Waals surface area contributed by atoms with Crippen molar-refractivity contribution in [3.05, 3.63) is 38.8 Å². The van der Waals surface area contributed by atoms with Crippen molar-refractivity contribution in [2.24, 2.45) is 0 Å². The highest BCUT2D eigenvalue weighted by molar-refractivity contribution is 6.31. The molecule has 2 aromatic rings. The minimum Gasteiger partial charge on any atom is -0.358 e. The van der Waals surface area contributed by atoms with Crippen molar-refractivity contribution in [2.75, 3.05) is 6.54 Å². The second kappa shape index (κ2) is 7.72. The molecule has 13 heteroatoms. The summed E-state index contributed by atoms with van der Waals surface area (Å²) >= 11 is 5.65. The van der Waals surface area contributed by atoms with E-state index in [9.17, 15) is 28.1 Å². The summed E-state index contributed by atoms with van der Waals surface area (Å²) in [5, 5.41) is 19.7. The maximum absolute atomic E-state index is 12.7. The number of amides is 1. The lowest BCUT2D eigenvalue weighted by Gasteiger charge is -2.06. The van der Waals surface area contributed by atoms with Gasteiger partial charge in [-0.05, 0) is 18.3 Å². The molecule has 0 aliphatic heterocycles. The average Bonchev–Trinajstić information content (AvgIpc) is 3.10. The molecule has 0 spiro atoms. The molecule has 1 amide bonds. The quantitative estimate of drug-likeness (QED) is 0.440. The van der Waals surface area contributed by atoms with Gasteiger partial charge in [-0.2, -0.15) is 23.0 Å². The second-order valence-corrected chi connectivity index (χ2v) is 5.68. The number of rotatable bonds is 7. The molecule has 0 aliphatic carbocycles. The van der Waals surface area contributed by atoms with Crippen LogP contribution in [0.5, 0.6) is 0 Å². The van der Waals surface area contributed by atoms with E-state index in [2.05, 4.69) is 15.5 Å². The Morgan fingerprint density at radius 3 is 2.65 bits per heavy atom. The SMILES string of the molecule is Cc1c(Cl)c(C(F)(F)F)nn1CCCNC(=O)Cn1ccc([N+](=O)[O-])n1. The van der Waals surface area contributed by atoms with Gasteiger partial charge in [-0.25, -0.2) is 0 Å². The summed E-state index contributed by atoms with van der Waals surface area (Å²) in [7, 11) is 0. The van der Waals surface area contributed by atoms with Gasteiger partial charge in [0.1, 0.15) is 6.54 Å². The van der Waals surface area contributed by atoms with Crippen LogP contribution in [0.2, 0.25) is 5.02 Å². The summed E-state index contributed by atoms with van der Waals surface area (Å²) in [4.78, 5) is 21.5. The van der Waals surface area contributed by atoms with Gasteiger partial charge in [0.15, 0.2) is 5.69 Å². The fourth-order valence-electron chi connectivity index (χ4n) is 2.12. The molecule has 142 valence electrons. The number of nitrogens with one attached hydrogen (secondary N) is 1. The summed E-state index contributed by atoms with van der Waals surface area (Å²) < 4.78 is 40.4. The molecule has 26 heavy (non-hydrogen) atoms. The molecule has 2 rings (SSSR count). The number of alkyl halides is 3. The van der Waals surface area contributed by atoms with Gasteiger partial charge < -0.3 is 15.4 Å². The molecule has 0 aromatic carbocycles. The molecule has 2 heterocycles. The minimum atomic E-state index is -4.63. The second-order valence-electron chi connectivity index (χ2n) is 5.30. The number of carbonyl (C=O) groups excluding carboxylic acids is 1. The predicted molar refractivity (Wildman–Crippen MR) is 83.5 cm³/mol. The highest BCUT2D eigenvalue weighted by Crippen LogP contribution is 2.35. The monoisotopic (exact) mass is 394 g/mol.